The highest BCUT2D eigenvalue weighted by atomic mass is 35.5. The molecule has 3 N–H and O–H groups in total. The van der Waals surface area contributed by atoms with E-state index in [-0.39, 0.29) is 0 Å². The van der Waals surface area contributed by atoms with Gasteiger partial charge in [0.15, 0.2) is 0 Å². The standard InChI is InChI=1S/C19H22ClN3O2S/c1-3-19(13-21,14-7-9-15(20)10-8-14)23-12-11-16-17(22-26(2,24)25)5-4-6-18(16)23/h4-12,22H,3,13,21H2,1-2H3. The molecule has 1 atom stereocenters. The smallest absolute Gasteiger partial charge is 0.229 e. The van der Waals surface area contributed by atoms with Gasteiger partial charge in [-0.05, 0) is 42.3 Å². The monoisotopic (exact) mass is 391 g/mol. The summed E-state index contributed by atoms with van der Waals surface area (Å²) in [7, 11) is -3.36. The van der Waals surface area contributed by atoms with E-state index in [4.69, 9.17) is 17.3 Å². The Hall–Kier alpha value is -2.02. The zero-order valence-corrected chi connectivity index (χ0v) is 16.3. The molecule has 0 saturated heterocycles. The van der Waals surface area contributed by atoms with Gasteiger partial charge >= 0.3 is 0 Å². The Morgan fingerprint density at radius 3 is 2.42 bits per heavy atom. The van der Waals surface area contributed by atoms with Gasteiger partial charge < -0.3 is 10.3 Å². The van der Waals surface area contributed by atoms with Gasteiger partial charge in [-0.1, -0.05) is 36.7 Å². The van der Waals surface area contributed by atoms with E-state index in [9.17, 15) is 8.42 Å². The number of nitrogens with two attached hydrogens (primary N) is 1. The quantitative estimate of drug-likeness (QED) is 0.671. The minimum absolute atomic E-state index is 0.401. The van der Waals surface area contributed by atoms with Crippen LogP contribution in [0.2, 0.25) is 5.02 Å². The largest absolute Gasteiger partial charge is 0.336 e. The van der Waals surface area contributed by atoms with Crippen molar-refractivity contribution in [1.29, 1.82) is 0 Å². The molecule has 3 rings (SSSR count). The van der Waals surface area contributed by atoms with Crippen LogP contribution < -0.4 is 10.5 Å². The van der Waals surface area contributed by atoms with E-state index in [2.05, 4.69) is 16.2 Å². The molecule has 0 aliphatic carbocycles. The minimum atomic E-state index is -3.36. The van der Waals surface area contributed by atoms with E-state index >= 15 is 0 Å². The minimum Gasteiger partial charge on any atom is -0.336 e. The van der Waals surface area contributed by atoms with Crippen molar-refractivity contribution in [3.05, 3.63) is 65.3 Å². The Balaban J connectivity index is 2.22. The van der Waals surface area contributed by atoms with E-state index in [1.165, 1.54) is 0 Å². The van der Waals surface area contributed by atoms with Crippen molar-refractivity contribution >= 4 is 38.2 Å². The van der Waals surface area contributed by atoms with Crippen molar-refractivity contribution in [2.45, 2.75) is 18.9 Å². The molecule has 0 saturated carbocycles. The normalized spacial score (nSPS) is 14.3. The molecule has 138 valence electrons. The summed E-state index contributed by atoms with van der Waals surface area (Å²) in [6, 6.07) is 15.2. The fourth-order valence-corrected chi connectivity index (χ4v) is 4.17. The van der Waals surface area contributed by atoms with Crippen LogP contribution >= 0.6 is 11.6 Å². The molecule has 0 bridgehead atoms. The summed E-state index contributed by atoms with van der Waals surface area (Å²) >= 11 is 6.05. The van der Waals surface area contributed by atoms with Gasteiger partial charge in [-0.2, -0.15) is 0 Å². The number of halogens is 1. The summed E-state index contributed by atoms with van der Waals surface area (Å²) in [5.74, 6) is 0. The topological polar surface area (TPSA) is 77.1 Å². The maximum atomic E-state index is 11.7. The predicted octanol–water partition coefficient (Wildman–Crippen LogP) is 3.78. The average Bonchev–Trinajstić information content (AvgIpc) is 3.03. The molecule has 0 spiro atoms. The highest BCUT2D eigenvalue weighted by Gasteiger charge is 2.32. The van der Waals surface area contributed by atoms with Crippen LogP contribution in [-0.2, 0) is 15.6 Å². The predicted molar refractivity (Wildman–Crippen MR) is 108 cm³/mol. The number of aromatic nitrogens is 1. The lowest BCUT2D eigenvalue weighted by molar-refractivity contribution is 0.363. The van der Waals surface area contributed by atoms with Gasteiger partial charge in [0.05, 0.1) is 23.0 Å². The van der Waals surface area contributed by atoms with Gasteiger partial charge in [0, 0.05) is 23.2 Å². The second-order valence-electron chi connectivity index (χ2n) is 6.39. The maximum absolute atomic E-state index is 11.7. The van der Waals surface area contributed by atoms with Crippen molar-refractivity contribution in [2.24, 2.45) is 5.73 Å². The van der Waals surface area contributed by atoms with Crippen LogP contribution in [0.4, 0.5) is 5.69 Å². The van der Waals surface area contributed by atoms with Gasteiger partial charge in [0.1, 0.15) is 0 Å². The third-order valence-corrected chi connectivity index (χ3v) is 5.64. The third-order valence-electron chi connectivity index (χ3n) is 4.79. The number of fused-ring (bicyclic) bond motifs is 1. The van der Waals surface area contributed by atoms with E-state index in [1.54, 1.807) is 6.07 Å². The van der Waals surface area contributed by atoms with Gasteiger partial charge in [0.25, 0.3) is 0 Å². The van der Waals surface area contributed by atoms with Crippen molar-refractivity contribution in [1.82, 2.24) is 4.57 Å². The van der Waals surface area contributed by atoms with Gasteiger partial charge in [-0.15, -0.1) is 0 Å². The molecule has 1 unspecified atom stereocenters. The van der Waals surface area contributed by atoms with E-state index in [1.807, 2.05) is 48.7 Å². The lowest BCUT2D eigenvalue weighted by atomic mass is 9.86. The van der Waals surface area contributed by atoms with Crippen LogP contribution in [0.15, 0.2) is 54.7 Å². The fraction of sp³-hybridized carbons (Fsp3) is 0.263. The molecule has 0 amide bonds. The Kier molecular flexibility index (Phi) is 5.01. The molecule has 1 aromatic heterocycles. The van der Waals surface area contributed by atoms with Crippen LogP contribution in [0.5, 0.6) is 0 Å². The first-order valence-corrected chi connectivity index (χ1v) is 10.6. The van der Waals surface area contributed by atoms with Gasteiger partial charge in [0.2, 0.25) is 10.0 Å². The van der Waals surface area contributed by atoms with Crippen molar-refractivity contribution in [3.63, 3.8) is 0 Å². The summed E-state index contributed by atoms with van der Waals surface area (Å²) < 4.78 is 28.0. The Labute approximate surface area is 158 Å². The van der Waals surface area contributed by atoms with Crippen LogP contribution in [0, 0.1) is 0 Å². The molecule has 3 aromatic rings. The third kappa shape index (κ3) is 3.32. The number of anilines is 1. The number of benzene rings is 2. The number of hydrogen-bond donors (Lipinski definition) is 2. The van der Waals surface area contributed by atoms with E-state index in [0.29, 0.717) is 17.3 Å². The summed E-state index contributed by atoms with van der Waals surface area (Å²) in [6.45, 7) is 2.49. The molecular formula is C19H22ClN3O2S. The first-order chi connectivity index (χ1) is 12.3. The number of nitrogens with one attached hydrogen (secondary N) is 1. The molecule has 7 heteroatoms. The van der Waals surface area contributed by atoms with Crippen LogP contribution in [-0.4, -0.2) is 25.8 Å². The Morgan fingerprint density at radius 2 is 1.85 bits per heavy atom. The number of sulfonamides is 1. The van der Waals surface area contributed by atoms with E-state index < -0.39 is 15.6 Å². The molecule has 2 aromatic carbocycles. The van der Waals surface area contributed by atoms with Crippen molar-refractivity contribution in [3.8, 4) is 0 Å². The first kappa shape index (κ1) is 18.8. The molecule has 0 radical (unpaired) electrons. The second kappa shape index (κ2) is 6.95. The SMILES string of the molecule is CCC(CN)(c1ccc(Cl)cc1)n1ccc2c(NS(C)(=O)=O)cccc21. The number of nitrogens with zero attached hydrogens (tertiary/aromatic N) is 1. The van der Waals surface area contributed by atoms with Gasteiger partial charge in [-0.3, -0.25) is 4.72 Å². The lowest BCUT2D eigenvalue weighted by Crippen LogP contribution is -2.41. The number of hydrogen-bond acceptors (Lipinski definition) is 3. The molecule has 5 nitrogen and oxygen atoms in total. The van der Waals surface area contributed by atoms with Crippen LogP contribution in [0.25, 0.3) is 10.9 Å². The Bertz CT molecular complexity index is 1020. The zero-order chi connectivity index (χ0) is 18.9. The summed E-state index contributed by atoms with van der Waals surface area (Å²) in [6.07, 6.45) is 3.88. The molecule has 1 heterocycles. The highest BCUT2D eigenvalue weighted by Crippen LogP contribution is 2.36. The van der Waals surface area contributed by atoms with Crippen molar-refractivity contribution in [2.75, 3.05) is 17.5 Å². The summed E-state index contributed by atoms with van der Waals surface area (Å²) in [5.41, 5.74) is 8.33. The van der Waals surface area contributed by atoms with E-state index in [0.717, 1.165) is 29.1 Å². The fourth-order valence-electron chi connectivity index (χ4n) is 3.46. The van der Waals surface area contributed by atoms with Crippen molar-refractivity contribution < 1.29 is 8.42 Å². The summed E-state index contributed by atoms with van der Waals surface area (Å²) in [4.78, 5) is 0. The molecule has 0 aliphatic rings. The van der Waals surface area contributed by atoms with Crippen LogP contribution in [0.3, 0.4) is 0 Å². The average molecular weight is 392 g/mol. The molecule has 26 heavy (non-hydrogen) atoms. The second-order valence-corrected chi connectivity index (χ2v) is 8.58. The number of rotatable bonds is 6. The molecule has 0 aliphatic heterocycles. The maximum Gasteiger partial charge on any atom is 0.229 e. The molecular weight excluding hydrogens is 370 g/mol. The van der Waals surface area contributed by atoms with Gasteiger partial charge in [-0.25, -0.2) is 8.42 Å². The molecule has 0 fully saturated rings. The first-order valence-electron chi connectivity index (χ1n) is 8.35. The zero-order valence-electron chi connectivity index (χ0n) is 14.7. The lowest BCUT2D eigenvalue weighted by Gasteiger charge is -2.35. The summed E-state index contributed by atoms with van der Waals surface area (Å²) in [5, 5.41) is 1.51. The highest BCUT2D eigenvalue weighted by molar-refractivity contribution is 7.92. The van der Waals surface area contributed by atoms with Crippen LogP contribution in [0.1, 0.15) is 18.9 Å². The Morgan fingerprint density at radius 1 is 1.15 bits per heavy atom.